The number of aliphatic hydroxyl groups excluding tert-OH is 1. The summed E-state index contributed by atoms with van der Waals surface area (Å²) in [7, 11) is 0. The molecule has 0 saturated heterocycles. The normalized spacial score (nSPS) is 10.7. The smallest absolute Gasteiger partial charge is 0.227 e. The van der Waals surface area contributed by atoms with Crippen molar-refractivity contribution in [1.82, 2.24) is 4.90 Å². The Kier molecular flexibility index (Phi) is 5.86. The number of benzene rings is 1. The van der Waals surface area contributed by atoms with Crippen LogP contribution >= 0.6 is 0 Å². The number of aryl methyl sites for hydroxylation is 1. The second-order valence-electron chi connectivity index (χ2n) is 4.92. The highest BCUT2D eigenvalue weighted by Crippen LogP contribution is 2.09. The van der Waals surface area contributed by atoms with Crippen LogP contribution < -0.4 is 0 Å². The van der Waals surface area contributed by atoms with Gasteiger partial charge in [0.15, 0.2) is 0 Å². The minimum atomic E-state index is 0.126. The van der Waals surface area contributed by atoms with Crippen LogP contribution in [0.3, 0.4) is 0 Å². The predicted molar refractivity (Wildman–Crippen MR) is 73.4 cm³/mol. The van der Waals surface area contributed by atoms with Crippen molar-refractivity contribution in [3.05, 3.63) is 35.4 Å². The van der Waals surface area contributed by atoms with Crippen molar-refractivity contribution >= 4 is 5.91 Å². The van der Waals surface area contributed by atoms with Gasteiger partial charge in [-0.05, 0) is 32.8 Å². The molecule has 0 heterocycles. The molecule has 1 amide bonds. The Morgan fingerprint density at radius 3 is 2.67 bits per heavy atom. The molecule has 0 radical (unpaired) electrons. The first-order chi connectivity index (χ1) is 8.54. The monoisotopic (exact) mass is 249 g/mol. The van der Waals surface area contributed by atoms with Gasteiger partial charge in [0.2, 0.25) is 5.91 Å². The maximum atomic E-state index is 12.2. The van der Waals surface area contributed by atoms with E-state index in [4.69, 9.17) is 5.11 Å². The summed E-state index contributed by atoms with van der Waals surface area (Å²) >= 11 is 0. The first-order valence-corrected chi connectivity index (χ1v) is 6.50. The number of hydrogen-bond donors (Lipinski definition) is 1. The molecule has 1 N–H and O–H groups in total. The molecule has 1 aromatic carbocycles. The zero-order chi connectivity index (χ0) is 13.5. The summed E-state index contributed by atoms with van der Waals surface area (Å²) in [6, 6.07) is 8.21. The molecule has 3 heteroatoms. The molecular formula is C15H23NO2. The lowest BCUT2D eigenvalue weighted by atomic mass is 10.1. The Morgan fingerprint density at radius 2 is 2.11 bits per heavy atom. The minimum Gasteiger partial charge on any atom is -0.396 e. The van der Waals surface area contributed by atoms with E-state index in [1.54, 1.807) is 0 Å². The van der Waals surface area contributed by atoms with Crippen LogP contribution in [0.4, 0.5) is 0 Å². The van der Waals surface area contributed by atoms with E-state index in [1.807, 2.05) is 49.9 Å². The number of carbonyl (C=O) groups excluding carboxylic acids is 1. The van der Waals surface area contributed by atoms with Crippen molar-refractivity contribution in [2.45, 2.75) is 39.7 Å². The third kappa shape index (κ3) is 4.49. The van der Waals surface area contributed by atoms with E-state index in [2.05, 4.69) is 0 Å². The van der Waals surface area contributed by atoms with Gasteiger partial charge < -0.3 is 10.0 Å². The van der Waals surface area contributed by atoms with Crippen LogP contribution in [0.1, 0.15) is 31.4 Å². The predicted octanol–water partition coefficient (Wildman–Crippen LogP) is 2.16. The molecule has 0 aliphatic heterocycles. The molecule has 0 atom stereocenters. The lowest BCUT2D eigenvalue weighted by molar-refractivity contribution is -0.132. The zero-order valence-electron chi connectivity index (χ0n) is 11.5. The van der Waals surface area contributed by atoms with Gasteiger partial charge in [-0.3, -0.25) is 4.79 Å². The van der Waals surface area contributed by atoms with Crippen LogP contribution in [0.5, 0.6) is 0 Å². The number of carbonyl (C=O) groups is 1. The summed E-state index contributed by atoms with van der Waals surface area (Å²) in [5, 5.41) is 8.87. The lowest BCUT2D eigenvalue weighted by Crippen LogP contribution is -2.39. The van der Waals surface area contributed by atoms with Gasteiger partial charge in [0.1, 0.15) is 0 Å². The average Bonchev–Trinajstić information content (AvgIpc) is 2.29. The van der Waals surface area contributed by atoms with Crippen molar-refractivity contribution < 1.29 is 9.90 Å². The standard InChI is InChI=1S/C15H23NO2/c1-12(2)16(8-5-9-17)15(18)11-14-7-4-6-13(3)10-14/h4,6-7,10,12,17H,5,8-9,11H2,1-3H3. The second kappa shape index (κ2) is 7.17. The Bertz CT molecular complexity index is 388. The maximum absolute atomic E-state index is 12.2. The zero-order valence-corrected chi connectivity index (χ0v) is 11.5. The topological polar surface area (TPSA) is 40.5 Å². The SMILES string of the molecule is Cc1cccc(CC(=O)N(CCCO)C(C)C)c1. The molecule has 0 saturated carbocycles. The molecule has 1 aromatic rings. The van der Waals surface area contributed by atoms with E-state index in [0.29, 0.717) is 19.4 Å². The molecule has 0 unspecified atom stereocenters. The Morgan fingerprint density at radius 1 is 1.39 bits per heavy atom. The highest BCUT2D eigenvalue weighted by molar-refractivity contribution is 5.79. The van der Waals surface area contributed by atoms with Gasteiger partial charge in [-0.2, -0.15) is 0 Å². The number of hydrogen-bond acceptors (Lipinski definition) is 2. The molecular weight excluding hydrogens is 226 g/mol. The van der Waals surface area contributed by atoms with Gasteiger partial charge in [0.05, 0.1) is 6.42 Å². The molecule has 0 aromatic heterocycles. The quantitative estimate of drug-likeness (QED) is 0.839. The number of aliphatic hydroxyl groups is 1. The third-order valence-corrected chi connectivity index (χ3v) is 2.94. The first-order valence-electron chi connectivity index (χ1n) is 6.50. The lowest BCUT2D eigenvalue weighted by Gasteiger charge is -2.26. The van der Waals surface area contributed by atoms with Crippen LogP contribution in [0, 0.1) is 6.92 Å². The van der Waals surface area contributed by atoms with E-state index in [0.717, 1.165) is 5.56 Å². The summed E-state index contributed by atoms with van der Waals surface area (Å²) in [5.41, 5.74) is 2.22. The summed E-state index contributed by atoms with van der Waals surface area (Å²) in [4.78, 5) is 14.0. The van der Waals surface area contributed by atoms with Gasteiger partial charge in [-0.15, -0.1) is 0 Å². The Labute approximate surface area is 109 Å². The Balaban J connectivity index is 2.66. The molecule has 0 aliphatic carbocycles. The fourth-order valence-electron chi connectivity index (χ4n) is 2.01. The van der Waals surface area contributed by atoms with Crippen molar-refractivity contribution in [3.8, 4) is 0 Å². The molecule has 1 rings (SSSR count). The number of nitrogens with zero attached hydrogens (tertiary/aromatic N) is 1. The van der Waals surface area contributed by atoms with Gasteiger partial charge in [0.25, 0.3) is 0 Å². The third-order valence-electron chi connectivity index (χ3n) is 2.94. The molecule has 0 fully saturated rings. The summed E-state index contributed by atoms with van der Waals surface area (Å²) < 4.78 is 0. The molecule has 18 heavy (non-hydrogen) atoms. The van der Waals surface area contributed by atoms with Crippen LogP contribution in [-0.4, -0.2) is 35.1 Å². The second-order valence-corrected chi connectivity index (χ2v) is 4.92. The highest BCUT2D eigenvalue weighted by atomic mass is 16.3. The fraction of sp³-hybridized carbons (Fsp3) is 0.533. The van der Waals surface area contributed by atoms with E-state index < -0.39 is 0 Å². The van der Waals surface area contributed by atoms with Crippen molar-refractivity contribution in [3.63, 3.8) is 0 Å². The molecule has 0 spiro atoms. The van der Waals surface area contributed by atoms with E-state index in [1.165, 1.54) is 5.56 Å². The maximum Gasteiger partial charge on any atom is 0.227 e. The highest BCUT2D eigenvalue weighted by Gasteiger charge is 2.16. The van der Waals surface area contributed by atoms with Gasteiger partial charge in [-0.25, -0.2) is 0 Å². The largest absolute Gasteiger partial charge is 0.396 e. The summed E-state index contributed by atoms with van der Waals surface area (Å²) in [6.45, 7) is 6.79. The first kappa shape index (κ1) is 14.7. The molecule has 0 bridgehead atoms. The van der Waals surface area contributed by atoms with Gasteiger partial charge in [0, 0.05) is 19.2 Å². The van der Waals surface area contributed by atoms with E-state index in [-0.39, 0.29) is 18.6 Å². The Hall–Kier alpha value is -1.35. The molecule has 100 valence electrons. The van der Waals surface area contributed by atoms with Crippen LogP contribution in [0.2, 0.25) is 0 Å². The summed E-state index contributed by atoms with van der Waals surface area (Å²) in [5.74, 6) is 0.129. The molecule has 0 aliphatic rings. The van der Waals surface area contributed by atoms with Crippen molar-refractivity contribution in [2.24, 2.45) is 0 Å². The van der Waals surface area contributed by atoms with Gasteiger partial charge in [-0.1, -0.05) is 29.8 Å². The van der Waals surface area contributed by atoms with Gasteiger partial charge >= 0.3 is 0 Å². The van der Waals surface area contributed by atoms with Crippen molar-refractivity contribution in [2.75, 3.05) is 13.2 Å². The van der Waals surface area contributed by atoms with Crippen molar-refractivity contribution in [1.29, 1.82) is 0 Å². The minimum absolute atomic E-state index is 0.126. The van der Waals surface area contributed by atoms with Crippen LogP contribution in [-0.2, 0) is 11.2 Å². The van der Waals surface area contributed by atoms with Crippen LogP contribution in [0.25, 0.3) is 0 Å². The number of rotatable bonds is 6. The fourth-order valence-corrected chi connectivity index (χ4v) is 2.01. The summed E-state index contributed by atoms with van der Waals surface area (Å²) in [6.07, 6.45) is 1.07. The number of amides is 1. The molecule has 3 nitrogen and oxygen atoms in total. The van der Waals surface area contributed by atoms with E-state index in [9.17, 15) is 4.79 Å². The van der Waals surface area contributed by atoms with Crippen LogP contribution in [0.15, 0.2) is 24.3 Å². The van der Waals surface area contributed by atoms with E-state index >= 15 is 0 Å². The average molecular weight is 249 g/mol.